The number of nitrogens with one attached hydrogen (secondary N) is 1. The average molecular weight is 722 g/mol. The largest absolute Gasteiger partial charge is 0.488 e. The molecule has 0 saturated carbocycles. The van der Waals surface area contributed by atoms with E-state index in [0.717, 1.165) is 37.2 Å². The van der Waals surface area contributed by atoms with E-state index >= 15 is 0 Å². The lowest BCUT2D eigenvalue weighted by molar-refractivity contribution is -0.0544. The molecular formula is C39H46Cl2N4O5. The van der Waals surface area contributed by atoms with Crippen molar-refractivity contribution in [2.75, 3.05) is 46.1 Å². The van der Waals surface area contributed by atoms with E-state index in [1.165, 1.54) is 25.5 Å². The van der Waals surface area contributed by atoms with Crippen LogP contribution in [0.2, 0.25) is 5.02 Å². The molecule has 0 amide bonds. The van der Waals surface area contributed by atoms with Gasteiger partial charge in [0.25, 0.3) is 0 Å². The molecule has 1 aromatic heterocycles. The van der Waals surface area contributed by atoms with E-state index in [0.29, 0.717) is 39.8 Å². The maximum atomic E-state index is 9.60. The smallest absolute Gasteiger partial charge is 0.143 e. The quantitative estimate of drug-likeness (QED) is 0.109. The Hall–Kier alpha value is -3.46. The number of piperidine rings is 1. The van der Waals surface area contributed by atoms with Gasteiger partial charge < -0.3 is 34.6 Å². The van der Waals surface area contributed by atoms with Crippen LogP contribution in [-0.2, 0) is 17.9 Å². The summed E-state index contributed by atoms with van der Waals surface area (Å²) in [7, 11) is 0. The van der Waals surface area contributed by atoms with Gasteiger partial charge in [-0.05, 0) is 68.6 Å². The first-order valence-electron chi connectivity index (χ1n) is 17.2. The number of halogens is 2. The highest BCUT2D eigenvalue weighted by Crippen LogP contribution is 2.47. The molecule has 9 nitrogen and oxygen atoms in total. The fourth-order valence-electron chi connectivity index (χ4n) is 6.33. The van der Waals surface area contributed by atoms with Crippen LogP contribution in [0.3, 0.4) is 0 Å². The summed E-state index contributed by atoms with van der Waals surface area (Å²) < 4.78 is 19.6. The molecule has 266 valence electrons. The van der Waals surface area contributed by atoms with Gasteiger partial charge in [0.15, 0.2) is 0 Å². The van der Waals surface area contributed by atoms with Gasteiger partial charge in [-0.3, -0.25) is 4.98 Å². The number of hydrogen-bond donors (Lipinski definition) is 3. The molecule has 2 unspecified atom stereocenters. The minimum absolute atomic E-state index is 0.0688. The van der Waals surface area contributed by atoms with E-state index in [1.54, 1.807) is 24.4 Å². The molecule has 11 heteroatoms. The van der Waals surface area contributed by atoms with Gasteiger partial charge >= 0.3 is 0 Å². The third kappa shape index (κ3) is 9.45. The highest BCUT2D eigenvalue weighted by atomic mass is 35.5. The van der Waals surface area contributed by atoms with Crippen molar-refractivity contribution in [2.45, 2.75) is 62.3 Å². The zero-order chi connectivity index (χ0) is 35.4. The van der Waals surface area contributed by atoms with Crippen molar-refractivity contribution in [1.29, 1.82) is 5.26 Å². The zero-order valence-electron chi connectivity index (χ0n) is 28.5. The van der Waals surface area contributed by atoms with Gasteiger partial charge in [0, 0.05) is 49.3 Å². The van der Waals surface area contributed by atoms with E-state index in [9.17, 15) is 15.5 Å². The third-order valence-electron chi connectivity index (χ3n) is 9.34. The van der Waals surface area contributed by atoms with Crippen molar-refractivity contribution < 1.29 is 24.4 Å². The summed E-state index contributed by atoms with van der Waals surface area (Å²) in [5.74, 6) is 0.853. The number of benzene rings is 2. The molecular weight excluding hydrogens is 675 g/mol. The van der Waals surface area contributed by atoms with E-state index in [2.05, 4.69) is 21.3 Å². The SMILES string of the molecule is CC1(Cl)C(c2ccccc2)=CC=CC1(COc1cc(OCc2cncc(C#N)c2)c(CNC(CO)CO)cc1Cl)OCCCN1CCCCC1. The van der Waals surface area contributed by atoms with Gasteiger partial charge in [-0.25, -0.2) is 0 Å². The van der Waals surface area contributed by atoms with Crippen LogP contribution in [0, 0.1) is 11.3 Å². The van der Waals surface area contributed by atoms with E-state index < -0.39 is 16.5 Å². The Bertz CT molecular complexity index is 1650. The highest BCUT2D eigenvalue weighted by molar-refractivity contribution is 6.32. The number of pyridine rings is 1. The minimum atomic E-state index is -1.04. The predicted molar refractivity (Wildman–Crippen MR) is 196 cm³/mol. The first-order chi connectivity index (χ1) is 24.3. The van der Waals surface area contributed by atoms with Crippen molar-refractivity contribution in [3.63, 3.8) is 0 Å². The molecule has 3 N–H and O–H groups in total. The Labute approximate surface area is 305 Å². The van der Waals surface area contributed by atoms with E-state index in [-0.39, 0.29) is 33.0 Å². The first-order valence-corrected chi connectivity index (χ1v) is 17.9. The summed E-state index contributed by atoms with van der Waals surface area (Å²) in [6.07, 6.45) is 13.7. The number of nitrogens with zero attached hydrogens (tertiary/aromatic N) is 3. The molecule has 0 spiro atoms. The van der Waals surface area contributed by atoms with Gasteiger partial charge in [0.1, 0.15) is 41.3 Å². The van der Waals surface area contributed by atoms with Crippen molar-refractivity contribution >= 4 is 28.8 Å². The summed E-state index contributed by atoms with van der Waals surface area (Å²) >= 11 is 14.4. The number of allylic oxidation sites excluding steroid dienone is 2. The average Bonchev–Trinajstić information content (AvgIpc) is 3.14. The summed E-state index contributed by atoms with van der Waals surface area (Å²) in [6, 6.07) is 16.8. The fraction of sp³-hybridized carbons (Fsp3) is 0.436. The number of nitriles is 1. The lowest BCUT2D eigenvalue weighted by Gasteiger charge is -2.45. The van der Waals surface area contributed by atoms with Gasteiger partial charge in [0.05, 0.1) is 29.8 Å². The van der Waals surface area contributed by atoms with Crippen LogP contribution < -0.4 is 14.8 Å². The Balaban J connectivity index is 1.40. The van der Waals surface area contributed by atoms with Crippen LogP contribution in [0.1, 0.15) is 54.9 Å². The normalized spacial score (nSPS) is 20.8. The number of aliphatic hydroxyl groups excluding tert-OH is 2. The molecule has 3 aromatic rings. The van der Waals surface area contributed by atoms with Crippen molar-refractivity contribution in [3.05, 3.63) is 106 Å². The van der Waals surface area contributed by atoms with Crippen LogP contribution in [0.5, 0.6) is 11.5 Å². The Morgan fingerprint density at radius 3 is 2.56 bits per heavy atom. The van der Waals surface area contributed by atoms with Crippen molar-refractivity contribution in [3.8, 4) is 17.6 Å². The lowest BCUT2D eigenvalue weighted by atomic mass is 9.76. The van der Waals surface area contributed by atoms with E-state index in [1.807, 2.05) is 55.5 Å². The summed E-state index contributed by atoms with van der Waals surface area (Å²) in [4.78, 5) is 5.64. The highest BCUT2D eigenvalue weighted by Gasteiger charge is 2.51. The number of aliphatic hydroxyl groups is 2. The van der Waals surface area contributed by atoms with E-state index in [4.69, 9.17) is 37.4 Å². The van der Waals surface area contributed by atoms with Gasteiger partial charge in [0.2, 0.25) is 0 Å². The molecule has 0 bridgehead atoms. The second kappa shape index (κ2) is 18.2. The van der Waals surface area contributed by atoms with Crippen LogP contribution >= 0.6 is 23.2 Å². The number of alkyl halides is 1. The number of rotatable bonds is 17. The number of ether oxygens (including phenoxy) is 3. The summed E-state index contributed by atoms with van der Waals surface area (Å²) in [5, 5.41) is 32.0. The molecule has 0 radical (unpaired) electrons. The maximum Gasteiger partial charge on any atom is 0.143 e. The molecule has 2 atom stereocenters. The Morgan fingerprint density at radius 1 is 1.04 bits per heavy atom. The van der Waals surface area contributed by atoms with Gasteiger partial charge in [-0.2, -0.15) is 5.26 Å². The Morgan fingerprint density at radius 2 is 1.82 bits per heavy atom. The first kappa shape index (κ1) is 37.8. The van der Waals surface area contributed by atoms with Crippen molar-refractivity contribution in [1.82, 2.24) is 15.2 Å². The predicted octanol–water partition coefficient (Wildman–Crippen LogP) is 6.29. The molecule has 2 heterocycles. The molecule has 50 heavy (non-hydrogen) atoms. The van der Waals surface area contributed by atoms with Crippen LogP contribution in [0.15, 0.2) is 79.2 Å². The summed E-state index contributed by atoms with van der Waals surface area (Å²) in [5.41, 5.74) is 2.72. The molecule has 1 saturated heterocycles. The second-order valence-electron chi connectivity index (χ2n) is 12.9. The fourth-order valence-corrected chi connectivity index (χ4v) is 6.92. The zero-order valence-corrected chi connectivity index (χ0v) is 30.0. The topological polar surface area (TPSA) is 120 Å². The van der Waals surface area contributed by atoms with Crippen LogP contribution in [0.4, 0.5) is 0 Å². The molecule has 1 aliphatic heterocycles. The second-order valence-corrected chi connectivity index (χ2v) is 14.1. The van der Waals surface area contributed by atoms with Crippen LogP contribution in [-0.4, -0.2) is 82.7 Å². The number of hydrogen-bond acceptors (Lipinski definition) is 9. The summed E-state index contributed by atoms with van der Waals surface area (Å²) in [6.45, 7) is 5.66. The number of likely N-dealkylation sites (tertiary alicyclic amines) is 1. The lowest BCUT2D eigenvalue weighted by Crippen LogP contribution is -2.55. The molecule has 1 fully saturated rings. The molecule has 2 aromatic carbocycles. The van der Waals surface area contributed by atoms with Gasteiger partial charge in [-0.1, -0.05) is 60.5 Å². The van der Waals surface area contributed by atoms with Crippen LogP contribution in [0.25, 0.3) is 5.57 Å². The van der Waals surface area contributed by atoms with Crippen molar-refractivity contribution in [2.24, 2.45) is 0 Å². The Kier molecular flexibility index (Phi) is 13.7. The maximum absolute atomic E-state index is 9.60. The minimum Gasteiger partial charge on any atom is -0.488 e. The number of aromatic nitrogens is 1. The standard InChI is InChI=1S/C39H46Cl2N4O5/c1-38(41)34(31-10-4-2-5-11-31)12-8-13-39(38,50-17-9-16-45-14-6-3-7-15-45)28-49-37-20-36(48-27-30-18-29(21-42)22-43-23-30)32(19-35(37)40)24-44-33(25-46)26-47/h2,4-5,8,10-13,18-20,22-23,33,44,46-47H,3,6-7,9,14-17,24-28H2,1H3. The molecule has 5 rings (SSSR count). The monoisotopic (exact) mass is 720 g/mol. The third-order valence-corrected chi connectivity index (χ3v) is 10.2. The molecule has 1 aliphatic carbocycles. The molecule has 2 aliphatic rings. The van der Waals surface area contributed by atoms with Gasteiger partial charge in [-0.15, -0.1) is 11.6 Å².